The lowest BCUT2D eigenvalue weighted by Gasteiger charge is -2.16. The smallest absolute Gasteiger partial charge is 0.227 e. The molecule has 1 fully saturated rings. The van der Waals surface area contributed by atoms with Crippen molar-refractivity contribution in [1.82, 2.24) is 0 Å². The van der Waals surface area contributed by atoms with E-state index in [0.717, 1.165) is 29.7 Å². The van der Waals surface area contributed by atoms with Gasteiger partial charge in [0, 0.05) is 28.2 Å². The first kappa shape index (κ1) is 12.4. The summed E-state index contributed by atoms with van der Waals surface area (Å²) in [7, 11) is 0. The molecular formula is C13H17ClN2O. The first-order valence-corrected chi connectivity index (χ1v) is 6.23. The summed E-state index contributed by atoms with van der Waals surface area (Å²) in [5, 5.41) is 3.55. The van der Waals surface area contributed by atoms with Crippen molar-refractivity contribution >= 4 is 23.2 Å². The normalized spacial score (nSPS) is 16.7. The molecule has 92 valence electrons. The molecule has 0 saturated heterocycles. The van der Waals surface area contributed by atoms with Gasteiger partial charge in [0.15, 0.2) is 0 Å². The van der Waals surface area contributed by atoms with Gasteiger partial charge in [-0.3, -0.25) is 4.79 Å². The average Bonchev–Trinajstić information content (AvgIpc) is 2.97. The second-order valence-corrected chi connectivity index (χ2v) is 5.17. The van der Waals surface area contributed by atoms with Gasteiger partial charge in [0.25, 0.3) is 0 Å². The average molecular weight is 253 g/mol. The molecule has 0 bridgehead atoms. The third kappa shape index (κ3) is 2.79. The largest absolute Gasteiger partial charge is 0.325 e. The summed E-state index contributed by atoms with van der Waals surface area (Å²) in [6, 6.07) is 3.59. The summed E-state index contributed by atoms with van der Waals surface area (Å²) >= 11 is 6.18. The molecule has 2 rings (SSSR count). The van der Waals surface area contributed by atoms with E-state index < -0.39 is 0 Å². The van der Waals surface area contributed by atoms with Crippen LogP contribution < -0.4 is 11.1 Å². The molecule has 0 aromatic heterocycles. The summed E-state index contributed by atoms with van der Waals surface area (Å²) in [5.41, 5.74) is 8.48. The van der Waals surface area contributed by atoms with Gasteiger partial charge >= 0.3 is 0 Å². The third-order valence-corrected chi connectivity index (χ3v) is 3.25. The first-order chi connectivity index (χ1) is 7.99. The van der Waals surface area contributed by atoms with Crippen molar-refractivity contribution in [1.29, 1.82) is 0 Å². The fraction of sp³-hybridized carbons (Fsp3) is 0.462. The van der Waals surface area contributed by atoms with E-state index in [2.05, 4.69) is 5.32 Å². The molecule has 1 unspecified atom stereocenters. The fourth-order valence-electron chi connectivity index (χ4n) is 1.90. The van der Waals surface area contributed by atoms with Crippen molar-refractivity contribution in [3.8, 4) is 0 Å². The SMILES string of the molecule is Cc1cc(Cl)c(C(C)N)c(NC(=O)C2CC2)c1. The summed E-state index contributed by atoms with van der Waals surface area (Å²) in [6.07, 6.45) is 1.97. The van der Waals surface area contributed by atoms with Crippen molar-refractivity contribution < 1.29 is 4.79 Å². The maximum absolute atomic E-state index is 11.8. The summed E-state index contributed by atoms with van der Waals surface area (Å²) < 4.78 is 0. The number of aryl methyl sites for hydroxylation is 1. The van der Waals surface area contributed by atoms with Gasteiger partial charge in [-0.05, 0) is 44.4 Å². The molecule has 4 heteroatoms. The van der Waals surface area contributed by atoms with E-state index in [9.17, 15) is 4.79 Å². The quantitative estimate of drug-likeness (QED) is 0.869. The number of carbonyl (C=O) groups excluding carboxylic acids is 1. The summed E-state index contributed by atoms with van der Waals surface area (Å²) in [5.74, 6) is 0.254. The molecule has 0 aliphatic heterocycles. The van der Waals surface area contributed by atoms with Crippen LogP contribution in [-0.2, 0) is 4.79 Å². The molecule has 3 nitrogen and oxygen atoms in total. The molecule has 3 N–H and O–H groups in total. The zero-order chi connectivity index (χ0) is 12.6. The Morgan fingerprint density at radius 2 is 2.18 bits per heavy atom. The highest BCUT2D eigenvalue weighted by molar-refractivity contribution is 6.32. The van der Waals surface area contributed by atoms with Crippen molar-refractivity contribution in [2.75, 3.05) is 5.32 Å². The standard InChI is InChI=1S/C13H17ClN2O/c1-7-5-10(14)12(8(2)15)11(6-7)16-13(17)9-3-4-9/h5-6,8-9H,3-4,15H2,1-2H3,(H,16,17). The maximum atomic E-state index is 11.8. The van der Waals surface area contributed by atoms with Crippen LogP contribution in [0.2, 0.25) is 5.02 Å². The van der Waals surface area contributed by atoms with Crippen molar-refractivity contribution in [3.05, 3.63) is 28.3 Å². The number of anilines is 1. The van der Waals surface area contributed by atoms with Crippen LogP contribution >= 0.6 is 11.6 Å². The van der Waals surface area contributed by atoms with Gasteiger partial charge in [0.05, 0.1) is 0 Å². The van der Waals surface area contributed by atoms with Crippen LogP contribution in [0.4, 0.5) is 5.69 Å². The highest BCUT2D eigenvalue weighted by Crippen LogP contribution is 2.34. The maximum Gasteiger partial charge on any atom is 0.227 e. The molecule has 1 saturated carbocycles. The van der Waals surface area contributed by atoms with E-state index in [-0.39, 0.29) is 17.9 Å². The van der Waals surface area contributed by atoms with E-state index in [1.165, 1.54) is 0 Å². The lowest BCUT2D eigenvalue weighted by Crippen LogP contribution is -2.17. The Kier molecular flexibility index (Phi) is 3.40. The Balaban J connectivity index is 2.32. The molecule has 1 aliphatic carbocycles. The van der Waals surface area contributed by atoms with Gasteiger partial charge in [-0.15, -0.1) is 0 Å². The minimum absolute atomic E-state index is 0.0774. The fourth-order valence-corrected chi connectivity index (χ4v) is 2.35. The van der Waals surface area contributed by atoms with Crippen LogP contribution in [0, 0.1) is 12.8 Å². The van der Waals surface area contributed by atoms with E-state index in [0.29, 0.717) is 5.02 Å². The number of hydrogen-bond acceptors (Lipinski definition) is 2. The van der Waals surface area contributed by atoms with Crippen molar-refractivity contribution in [3.63, 3.8) is 0 Å². The van der Waals surface area contributed by atoms with Crippen LogP contribution in [-0.4, -0.2) is 5.91 Å². The second kappa shape index (κ2) is 4.67. The Bertz CT molecular complexity index is 453. The van der Waals surface area contributed by atoms with Crippen LogP contribution in [0.25, 0.3) is 0 Å². The number of nitrogens with two attached hydrogens (primary N) is 1. The van der Waals surface area contributed by atoms with Gasteiger partial charge in [0.1, 0.15) is 0 Å². The molecule has 0 radical (unpaired) electrons. The molecule has 0 spiro atoms. The number of nitrogens with one attached hydrogen (secondary N) is 1. The number of hydrogen-bond donors (Lipinski definition) is 2. The minimum Gasteiger partial charge on any atom is -0.325 e. The van der Waals surface area contributed by atoms with Gasteiger partial charge in [-0.1, -0.05) is 11.6 Å². The van der Waals surface area contributed by atoms with Gasteiger partial charge in [-0.2, -0.15) is 0 Å². The topological polar surface area (TPSA) is 55.1 Å². The molecule has 1 aromatic rings. The summed E-state index contributed by atoms with van der Waals surface area (Å²) in [6.45, 7) is 3.81. The van der Waals surface area contributed by atoms with Gasteiger partial charge in [0.2, 0.25) is 5.91 Å². The van der Waals surface area contributed by atoms with Crippen LogP contribution in [0.1, 0.15) is 36.9 Å². The van der Waals surface area contributed by atoms with Crippen LogP contribution in [0.5, 0.6) is 0 Å². The monoisotopic (exact) mass is 252 g/mol. The van der Waals surface area contributed by atoms with Crippen LogP contribution in [0.3, 0.4) is 0 Å². The van der Waals surface area contributed by atoms with E-state index >= 15 is 0 Å². The Morgan fingerprint density at radius 3 is 2.71 bits per heavy atom. The molecule has 17 heavy (non-hydrogen) atoms. The first-order valence-electron chi connectivity index (χ1n) is 5.85. The molecular weight excluding hydrogens is 236 g/mol. The predicted octanol–water partition coefficient (Wildman–Crippen LogP) is 3.02. The zero-order valence-electron chi connectivity index (χ0n) is 10.1. The lowest BCUT2D eigenvalue weighted by atomic mass is 10.0. The van der Waals surface area contributed by atoms with E-state index in [4.69, 9.17) is 17.3 Å². The number of benzene rings is 1. The predicted molar refractivity (Wildman–Crippen MR) is 70.1 cm³/mol. The molecule has 1 aromatic carbocycles. The second-order valence-electron chi connectivity index (χ2n) is 4.76. The molecule has 1 aliphatic rings. The Morgan fingerprint density at radius 1 is 1.53 bits per heavy atom. The number of halogens is 1. The Hall–Kier alpha value is -1.06. The van der Waals surface area contributed by atoms with Gasteiger partial charge in [-0.25, -0.2) is 0 Å². The molecule has 1 atom stereocenters. The van der Waals surface area contributed by atoms with Crippen LogP contribution in [0.15, 0.2) is 12.1 Å². The Labute approximate surface area is 106 Å². The lowest BCUT2D eigenvalue weighted by molar-refractivity contribution is -0.117. The third-order valence-electron chi connectivity index (χ3n) is 2.94. The number of carbonyl (C=O) groups is 1. The summed E-state index contributed by atoms with van der Waals surface area (Å²) in [4.78, 5) is 11.8. The molecule has 0 heterocycles. The minimum atomic E-state index is -0.197. The van der Waals surface area contributed by atoms with Gasteiger partial charge < -0.3 is 11.1 Å². The molecule has 1 amide bonds. The van der Waals surface area contributed by atoms with Crippen molar-refractivity contribution in [2.45, 2.75) is 32.7 Å². The highest BCUT2D eigenvalue weighted by Gasteiger charge is 2.30. The van der Waals surface area contributed by atoms with E-state index in [1.54, 1.807) is 0 Å². The zero-order valence-corrected chi connectivity index (χ0v) is 10.8. The highest BCUT2D eigenvalue weighted by atomic mass is 35.5. The number of amides is 1. The van der Waals surface area contributed by atoms with Crippen molar-refractivity contribution in [2.24, 2.45) is 11.7 Å². The number of rotatable bonds is 3. The van der Waals surface area contributed by atoms with E-state index in [1.807, 2.05) is 26.0 Å².